The Hall–Kier alpha value is -4.58. The number of aryl methyl sites for hydroxylation is 1. The van der Waals surface area contributed by atoms with E-state index in [1.54, 1.807) is 35.2 Å². The summed E-state index contributed by atoms with van der Waals surface area (Å²) in [4.78, 5) is 24.0. The van der Waals surface area contributed by atoms with Crippen LogP contribution < -0.4 is 29.7 Å². The lowest BCUT2D eigenvalue weighted by molar-refractivity contribution is 0.262. The molecule has 42 heavy (non-hydrogen) atoms. The van der Waals surface area contributed by atoms with E-state index >= 15 is 0 Å². The summed E-state index contributed by atoms with van der Waals surface area (Å²) in [6.45, 7) is 7.84. The van der Waals surface area contributed by atoms with E-state index < -0.39 is 16.1 Å². The first kappa shape index (κ1) is 30.4. The molecule has 1 aromatic heterocycles. The molecule has 2 amide bonds. The van der Waals surface area contributed by atoms with Gasteiger partial charge in [0, 0.05) is 36.6 Å². The molecule has 0 saturated carbocycles. The summed E-state index contributed by atoms with van der Waals surface area (Å²) in [6, 6.07) is 15.7. The van der Waals surface area contributed by atoms with Crippen LogP contribution in [0.15, 0.2) is 54.6 Å². The summed E-state index contributed by atoms with van der Waals surface area (Å²) >= 11 is 0. The van der Waals surface area contributed by atoms with Gasteiger partial charge in [-0.1, -0.05) is 45.0 Å². The summed E-state index contributed by atoms with van der Waals surface area (Å²) < 4.78 is 38.3. The zero-order valence-corrected chi connectivity index (χ0v) is 25.8. The molecule has 4 rings (SSSR count). The molecule has 0 fully saturated rings. The molecule has 0 saturated heterocycles. The summed E-state index contributed by atoms with van der Waals surface area (Å²) in [5.74, 6) is 1.69. The van der Waals surface area contributed by atoms with Gasteiger partial charge >= 0.3 is 6.03 Å². The second kappa shape index (κ2) is 11.7. The monoisotopic (exact) mass is 592 g/mol. The Kier molecular flexibility index (Phi) is 8.48. The summed E-state index contributed by atoms with van der Waals surface area (Å²) in [7, 11) is 1.52. The van der Waals surface area contributed by atoms with E-state index in [1.807, 2.05) is 66.1 Å². The zero-order chi connectivity index (χ0) is 30.8. The van der Waals surface area contributed by atoms with Crippen molar-refractivity contribution in [1.82, 2.24) is 9.97 Å². The quantitative estimate of drug-likeness (QED) is 0.223. The first-order chi connectivity index (χ1) is 19.6. The lowest BCUT2D eigenvalue weighted by atomic mass is 9.86. The number of amides is 2. The molecule has 1 heterocycles. The van der Waals surface area contributed by atoms with Gasteiger partial charge in [-0.2, -0.15) is 4.98 Å². The number of hydrogen-bond acceptors (Lipinski definition) is 8. The maximum absolute atomic E-state index is 13.3. The fourth-order valence-corrected chi connectivity index (χ4v) is 4.84. The number of nitrogens with zero attached hydrogens (tertiary/aromatic N) is 3. The van der Waals surface area contributed by atoms with Gasteiger partial charge in [-0.3, -0.25) is 4.72 Å². The molecule has 0 aliphatic rings. The molecule has 3 aromatic carbocycles. The van der Waals surface area contributed by atoms with Crippen LogP contribution in [0.1, 0.15) is 32.0 Å². The van der Waals surface area contributed by atoms with E-state index in [2.05, 4.69) is 25.3 Å². The van der Waals surface area contributed by atoms with Crippen LogP contribution in [0.4, 0.5) is 27.8 Å². The number of benzene rings is 3. The Labute approximate surface area is 246 Å². The van der Waals surface area contributed by atoms with Gasteiger partial charge in [0.05, 0.1) is 30.4 Å². The molecule has 0 bridgehead atoms. The number of fused-ring (bicyclic) bond motifs is 1. The highest BCUT2D eigenvalue weighted by atomic mass is 32.2. The number of anilines is 4. The Morgan fingerprint density at radius 1 is 0.905 bits per heavy atom. The predicted octanol–water partition coefficient (Wildman–Crippen LogP) is 6.12. The third-order valence-corrected chi connectivity index (χ3v) is 6.86. The van der Waals surface area contributed by atoms with Crippen molar-refractivity contribution < 1.29 is 22.7 Å². The van der Waals surface area contributed by atoms with Gasteiger partial charge in [-0.15, -0.1) is 0 Å². The number of nitrogens with one attached hydrogen (secondary N) is 3. The second-order valence-corrected chi connectivity index (χ2v) is 12.9. The Bertz CT molecular complexity index is 1750. The van der Waals surface area contributed by atoms with Crippen molar-refractivity contribution in [3.05, 3.63) is 65.9 Å². The first-order valence-corrected chi connectivity index (χ1v) is 15.0. The molecule has 0 atom stereocenters. The minimum Gasteiger partial charge on any atom is -0.492 e. The number of hydrogen-bond donors (Lipinski definition) is 3. The van der Waals surface area contributed by atoms with Crippen LogP contribution in [-0.2, 0) is 15.4 Å². The number of methoxy groups -OCH3 is 1. The molecule has 0 aliphatic carbocycles. The minimum atomic E-state index is -3.61. The van der Waals surface area contributed by atoms with Crippen LogP contribution in [0, 0.1) is 6.92 Å². The molecule has 11 nitrogen and oxygen atoms in total. The molecule has 4 aromatic rings. The lowest BCUT2D eigenvalue weighted by Crippen LogP contribution is -2.22. The van der Waals surface area contributed by atoms with Crippen molar-refractivity contribution in [1.29, 1.82) is 0 Å². The minimum absolute atomic E-state index is 0.189. The maximum atomic E-state index is 13.3. The highest BCUT2D eigenvalue weighted by molar-refractivity contribution is 7.92. The standard InChI is InChI=1S/C30H36N6O5S/c1-18-15-26(34-28(31-18)36(5)6)41-25-14-13-22(20-11-9-10-12-21(20)25)32-29(37)33-23-16-19(30(2,3)4)17-24(27(23)40-7)35-42(8,38)39/h9-17,35H,1-8H3,(H2,32,33,37). The number of sulfonamides is 1. The number of rotatable bonds is 8. The lowest BCUT2D eigenvalue weighted by Gasteiger charge is -2.24. The second-order valence-electron chi connectivity index (χ2n) is 11.1. The third kappa shape index (κ3) is 7.19. The molecule has 3 N–H and O–H groups in total. The van der Waals surface area contributed by atoms with Gasteiger partial charge in [-0.25, -0.2) is 18.2 Å². The zero-order valence-electron chi connectivity index (χ0n) is 25.0. The normalized spacial score (nSPS) is 11.6. The van der Waals surface area contributed by atoms with Crippen molar-refractivity contribution in [2.24, 2.45) is 0 Å². The van der Waals surface area contributed by atoms with E-state index in [-0.39, 0.29) is 16.9 Å². The smallest absolute Gasteiger partial charge is 0.323 e. The molecule has 0 spiro atoms. The van der Waals surface area contributed by atoms with Crippen LogP contribution in [0.5, 0.6) is 17.4 Å². The van der Waals surface area contributed by atoms with Crippen molar-refractivity contribution in [2.75, 3.05) is 47.7 Å². The molecule has 12 heteroatoms. The SMILES string of the molecule is COc1c(NC(=O)Nc2ccc(Oc3cc(C)nc(N(C)C)n3)c3ccccc23)cc(C(C)(C)C)cc1NS(C)(=O)=O. The van der Waals surface area contributed by atoms with Gasteiger partial charge in [0.1, 0.15) is 5.75 Å². The molecule has 0 radical (unpaired) electrons. The average molecular weight is 593 g/mol. The number of ether oxygens (including phenoxy) is 2. The third-order valence-electron chi connectivity index (χ3n) is 6.27. The van der Waals surface area contributed by atoms with Gasteiger partial charge in [-0.05, 0) is 42.2 Å². The Balaban J connectivity index is 1.66. The number of aromatic nitrogens is 2. The van der Waals surface area contributed by atoms with Crippen molar-refractivity contribution in [2.45, 2.75) is 33.1 Å². The van der Waals surface area contributed by atoms with Crippen LogP contribution in [0.3, 0.4) is 0 Å². The fourth-order valence-electron chi connectivity index (χ4n) is 4.28. The molecule has 0 unspecified atom stereocenters. The van der Waals surface area contributed by atoms with Gasteiger partial charge in [0.25, 0.3) is 0 Å². The summed E-state index contributed by atoms with van der Waals surface area (Å²) in [6.07, 6.45) is 1.06. The van der Waals surface area contributed by atoms with Crippen molar-refractivity contribution >= 4 is 49.8 Å². The number of carbonyl (C=O) groups excluding carboxylic acids is 1. The van der Waals surface area contributed by atoms with E-state index in [9.17, 15) is 13.2 Å². The summed E-state index contributed by atoms with van der Waals surface area (Å²) in [5.41, 5.74) is 2.32. The topological polar surface area (TPSA) is 135 Å². The van der Waals surface area contributed by atoms with E-state index in [0.29, 0.717) is 29.0 Å². The Morgan fingerprint density at radius 2 is 1.55 bits per heavy atom. The fraction of sp³-hybridized carbons (Fsp3) is 0.300. The highest BCUT2D eigenvalue weighted by Gasteiger charge is 2.22. The van der Waals surface area contributed by atoms with E-state index in [0.717, 1.165) is 28.3 Å². The summed E-state index contributed by atoms with van der Waals surface area (Å²) in [5, 5.41) is 7.25. The highest BCUT2D eigenvalue weighted by Crippen LogP contribution is 2.40. The largest absolute Gasteiger partial charge is 0.492 e. The molecule has 222 valence electrons. The van der Waals surface area contributed by atoms with Crippen LogP contribution in [0.2, 0.25) is 0 Å². The molecular weight excluding hydrogens is 556 g/mol. The predicted molar refractivity (Wildman–Crippen MR) is 168 cm³/mol. The number of urea groups is 1. The molecule has 0 aliphatic heterocycles. The van der Waals surface area contributed by atoms with Gasteiger partial charge in [0.2, 0.25) is 21.9 Å². The van der Waals surface area contributed by atoms with Crippen molar-refractivity contribution in [3.8, 4) is 17.4 Å². The maximum Gasteiger partial charge on any atom is 0.323 e. The Morgan fingerprint density at radius 3 is 2.17 bits per heavy atom. The average Bonchev–Trinajstić information content (AvgIpc) is 2.88. The van der Waals surface area contributed by atoms with Crippen LogP contribution >= 0.6 is 0 Å². The van der Waals surface area contributed by atoms with Crippen LogP contribution in [-0.4, -0.2) is 51.9 Å². The van der Waals surface area contributed by atoms with Gasteiger partial charge < -0.3 is 25.0 Å². The van der Waals surface area contributed by atoms with Crippen molar-refractivity contribution in [3.63, 3.8) is 0 Å². The first-order valence-electron chi connectivity index (χ1n) is 13.2. The molecular formula is C30H36N6O5S. The van der Waals surface area contributed by atoms with E-state index in [1.165, 1.54) is 7.11 Å². The number of carbonyl (C=O) groups is 1. The van der Waals surface area contributed by atoms with E-state index in [4.69, 9.17) is 9.47 Å². The van der Waals surface area contributed by atoms with Crippen LogP contribution in [0.25, 0.3) is 10.8 Å². The van der Waals surface area contributed by atoms with Gasteiger partial charge in [0.15, 0.2) is 5.75 Å².